The minimum Gasteiger partial charge on any atom is -0.389 e. The highest BCUT2D eigenvalue weighted by molar-refractivity contribution is 7.80. The van der Waals surface area contributed by atoms with Crippen LogP contribution in [-0.2, 0) is 0 Å². The molecule has 1 aromatic carbocycles. The lowest BCUT2D eigenvalue weighted by Crippen LogP contribution is -2.40. The Kier molecular flexibility index (Phi) is 4.62. The summed E-state index contributed by atoms with van der Waals surface area (Å²) in [7, 11) is 2.04. The van der Waals surface area contributed by atoms with Crippen LogP contribution >= 0.6 is 23.8 Å². The molecule has 2 nitrogen and oxygen atoms in total. The molecule has 0 spiro atoms. The molecule has 0 fully saturated rings. The fraction of sp³-hybridized carbons (Fsp3) is 0.500. The van der Waals surface area contributed by atoms with Crippen LogP contribution < -0.4 is 10.6 Å². The molecule has 0 aromatic heterocycles. The molecule has 1 rings (SSSR count). The summed E-state index contributed by atoms with van der Waals surface area (Å²) in [5.41, 5.74) is 7.78. The van der Waals surface area contributed by atoms with E-state index in [2.05, 4.69) is 32.6 Å². The monoisotopic (exact) mass is 284 g/mol. The third kappa shape index (κ3) is 3.36. The van der Waals surface area contributed by atoms with Crippen molar-refractivity contribution in [3.63, 3.8) is 0 Å². The van der Waals surface area contributed by atoms with Gasteiger partial charge in [-0.05, 0) is 30.5 Å². The van der Waals surface area contributed by atoms with Crippen molar-refractivity contribution in [2.75, 3.05) is 11.9 Å². The van der Waals surface area contributed by atoms with E-state index in [9.17, 15) is 0 Å². The number of halogens is 1. The molecular formula is C14H21ClN2S. The van der Waals surface area contributed by atoms with E-state index in [1.807, 2.05) is 25.2 Å². The van der Waals surface area contributed by atoms with Crippen LogP contribution in [0, 0.1) is 5.41 Å². The maximum absolute atomic E-state index is 6.07. The zero-order valence-corrected chi connectivity index (χ0v) is 13.2. The van der Waals surface area contributed by atoms with Crippen molar-refractivity contribution >= 4 is 34.5 Å². The average molecular weight is 285 g/mol. The average Bonchev–Trinajstić information content (AvgIpc) is 2.25. The predicted octanol–water partition coefficient (Wildman–Crippen LogP) is 3.85. The summed E-state index contributed by atoms with van der Waals surface area (Å²) in [5.74, 6) is 0. The zero-order chi connectivity index (χ0) is 14.1. The van der Waals surface area contributed by atoms with Gasteiger partial charge in [-0.15, -0.1) is 0 Å². The molecule has 4 heteroatoms. The highest BCUT2D eigenvalue weighted by atomic mass is 35.5. The maximum Gasteiger partial charge on any atom is 0.106 e. The highest BCUT2D eigenvalue weighted by Gasteiger charge is 2.25. The van der Waals surface area contributed by atoms with Crippen molar-refractivity contribution in [3.05, 3.63) is 28.8 Å². The molecule has 0 aliphatic rings. The van der Waals surface area contributed by atoms with Crippen LogP contribution in [0.4, 0.5) is 5.69 Å². The number of benzene rings is 1. The molecular weight excluding hydrogens is 264 g/mol. The van der Waals surface area contributed by atoms with Crippen molar-refractivity contribution in [1.82, 2.24) is 0 Å². The highest BCUT2D eigenvalue weighted by Crippen LogP contribution is 2.31. The number of hydrogen-bond donors (Lipinski definition) is 1. The van der Waals surface area contributed by atoms with Crippen molar-refractivity contribution in [2.24, 2.45) is 11.1 Å². The summed E-state index contributed by atoms with van der Waals surface area (Å²) >= 11 is 11.2. The number of nitrogens with zero attached hydrogens (tertiary/aromatic N) is 1. The first kappa shape index (κ1) is 15.3. The van der Waals surface area contributed by atoms with E-state index in [0.717, 1.165) is 11.3 Å². The molecule has 100 valence electrons. The molecule has 0 bridgehead atoms. The van der Waals surface area contributed by atoms with Gasteiger partial charge in [0, 0.05) is 29.4 Å². The second-order valence-electron chi connectivity index (χ2n) is 5.68. The third-order valence-electron chi connectivity index (χ3n) is 3.44. The fourth-order valence-electron chi connectivity index (χ4n) is 1.79. The van der Waals surface area contributed by atoms with E-state index >= 15 is 0 Å². The first-order chi connectivity index (χ1) is 8.14. The second kappa shape index (κ2) is 5.45. The summed E-state index contributed by atoms with van der Waals surface area (Å²) in [4.78, 5) is 2.58. The first-order valence-electron chi connectivity index (χ1n) is 5.96. The molecule has 0 amide bonds. The Balaban J connectivity index is 3.23. The molecule has 0 aliphatic carbocycles. The molecule has 0 heterocycles. The van der Waals surface area contributed by atoms with Gasteiger partial charge < -0.3 is 10.6 Å². The maximum atomic E-state index is 6.07. The van der Waals surface area contributed by atoms with Crippen LogP contribution in [0.5, 0.6) is 0 Å². The van der Waals surface area contributed by atoms with E-state index in [-0.39, 0.29) is 5.41 Å². The normalized spacial score (nSPS) is 13.2. The summed E-state index contributed by atoms with van der Waals surface area (Å²) in [6, 6.07) is 5.95. The van der Waals surface area contributed by atoms with E-state index in [0.29, 0.717) is 16.1 Å². The Morgan fingerprint density at radius 3 is 2.39 bits per heavy atom. The van der Waals surface area contributed by atoms with Crippen molar-refractivity contribution in [3.8, 4) is 0 Å². The minimum absolute atomic E-state index is 0.157. The van der Waals surface area contributed by atoms with Crippen LogP contribution in [0.15, 0.2) is 18.2 Å². The zero-order valence-electron chi connectivity index (χ0n) is 11.6. The molecule has 18 heavy (non-hydrogen) atoms. The molecule has 2 N–H and O–H groups in total. The van der Waals surface area contributed by atoms with Gasteiger partial charge in [0.15, 0.2) is 0 Å². The standard InChI is InChI=1S/C14H21ClN2S/c1-9(14(2,3)4)17(5)12-8-10(15)6-7-11(12)13(16)18/h6-9H,1-5H3,(H2,16,18). The van der Waals surface area contributed by atoms with E-state index < -0.39 is 0 Å². The minimum atomic E-state index is 0.157. The Labute approximate surface area is 120 Å². The van der Waals surface area contributed by atoms with E-state index in [1.165, 1.54) is 0 Å². The summed E-state index contributed by atoms with van der Waals surface area (Å²) in [6.45, 7) is 8.81. The van der Waals surface area contributed by atoms with Crippen LogP contribution in [0.2, 0.25) is 5.02 Å². The van der Waals surface area contributed by atoms with Crippen molar-refractivity contribution in [2.45, 2.75) is 33.7 Å². The van der Waals surface area contributed by atoms with Crippen LogP contribution in [0.3, 0.4) is 0 Å². The Morgan fingerprint density at radius 2 is 1.94 bits per heavy atom. The van der Waals surface area contributed by atoms with E-state index in [1.54, 1.807) is 0 Å². The van der Waals surface area contributed by atoms with Gasteiger partial charge in [0.2, 0.25) is 0 Å². The van der Waals surface area contributed by atoms with E-state index in [4.69, 9.17) is 29.6 Å². The molecule has 0 radical (unpaired) electrons. The van der Waals surface area contributed by atoms with Crippen molar-refractivity contribution in [1.29, 1.82) is 0 Å². The number of anilines is 1. The van der Waals surface area contributed by atoms with Crippen LogP contribution in [0.1, 0.15) is 33.3 Å². The number of rotatable bonds is 3. The molecule has 0 aliphatic heterocycles. The van der Waals surface area contributed by atoms with Gasteiger partial charge in [-0.1, -0.05) is 44.6 Å². The topological polar surface area (TPSA) is 29.3 Å². The van der Waals surface area contributed by atoms with Gasteiger partial charge in [-0.3, -0.25) is 0 Å². The summed E-state index contributed by atoms with van der Waals surface area (Å²) in [5, 5.41) is 0.693. The number of thiocarbonyl (C=S) groups is 1. The Bertz CT molecular complexity index is 452. The third-order valence-corrected chi connectivity index (χ3v) is 3.89. The SMILES string of the molecule is CC(N(C)c1cc(Cl)ccc1C(N)=S)C(C)(C)C. The summed E-state index contributed by atoms with van der Waals surface area (Å²) < 4.78 is 0. The number of hydrogen-bond acceptors (Lipinski definition) is 2. The predicted molar refractivity (Wildman–Crippen MR) is 84.7 cm³/mol. The smallest absolute Gasteiger partial charge is 0.106 e. The second-order valence-corrected chi connectivity index (χ2v) is 6.55. The van der Waals surface area contributed by atoms with Gasteiger partial charge in [0.05, 0.1) is 0 Å². The van der Waals surface area contributed by atoms with Gasteiger partial charge in [-0.25, -0.2) is 0 Å². The lowest BCUT2D eigenvalue weighted by atomic mass is 9.86. The molecule has 0 saturated heterocycles. The van der Waals surface area contributed by atoms with Gasteiger partial charge >= 0.3 is 0 Å². The molecule has 1 atom stereocenters. The Hall–Kier alpha value is -0.800. The number of nitrogens with two attached hydrogens (primary N) is 1. The Morgan fingerprint density at radius 1 is 1.39 bits per heavy atom. The lowest BCUT2D eigenvalue weighted by molar-refractivity contribution is 0.329. The molecule has 1 aromatic rings. The molecule has 1 unspecified atom stereocenters. The fourth-order valence-corrected chi connectivity index (χ4v) is 2.13. The molecule has 0 saturated carbocycles. The van der Waals surface area contributed by atoms with Crippen molar-refractivity contribution < 1.29 is 0 Å². The first-order valence-corrected chi connectivity index (χ1v) is 6.75. The lowest BCUT2D eigenvalue weighted by Gasteiger charge is -2.37. The van der Waals surface area contributed by atoms with Gasteiger partial charge in [-0.2, -0.15) is 0 Å². The van der Waals surface area contributed by atoms with Crippen LogP contribution in [0.25, 0.3) is 0 Å². The summed E-state index contributed by atoms with van der Waals surface area (Å²) in [6.07, 6.45) is 0. The van der Waals surface area contributed by atoms with Gasteiger partial charge in [0.25, 0.3) is 0 Å². The van der Waals surface area contributed by atoms with Gasteiger partial charge in [0.1, 0.15) is 4.99 Å². The quantitative estimate of drug-likeness (QED) is 0.855. The van der Waals surface area contributed by atoms with Crippen LogP contribution in [-0.4, -0.2) is 18.1 Å². The largest absolute Gasteiger partial charge is 0.389 e.